The van der Waals surface area contributed by atoms with Crippen molar-refractivity contribution in [3.63, 3.8) is 0 Å². The van der Waals surface area contributed by atoms with Gasteiger partial charge >= 0.3 is 13.6 Å². The van der Waals surface area contributed by atoms with E-state index in [9.17, 15) is 9.36 Å². The number of allylic oxidation sites excluding steroid dienone is 1. The Balaban J connectivity index is 4.48. The summed E-state index contributed by atoms with van der Waals surface area (Å²) in [5.41, 5.74) is 0.191. The van der Waals surface area contributed by atoms with E-state index < -0.39 is 20.2 Å². The molecule has 0 bridgehead atoms. The Morgan fingerprint density at radius 2 is 2.07 bits per heavy atom. The van der Waals surface area contributed by atoms with Crippen LogP contribution in [0.15, 0.2) is 23.5 Å². The van der Waals surface area contributed by atoms with Crippen LogP contribution in [-0.4, -0.2) is 22.4 Å². The first-order valence-electron chi connectivity index (χ1n) is 4.36. The maximum absolute atomic E-state index is 11.0. The smallest absolute Gasteiger partial charge is 0.355 e. The van der Waals surface area contributed by atoms with Gasteiger partial charge in [0, 0.05) is 5.57 Å². The van der Waals surface area contributed by atoms with E-state index in [1.54, 1.807) is 6.92 Å². The van der Waals surface area contributed by atoms with E-state index in [0.717, 1.165) is 0 Å². The molecule has 0 aromatic heterocycles. The van der Waals surface area contributed by atoms with Crippen LogP contribution in [0.5, 0.6) is 0 Å². The third-order valence-electron chi connectivity index (χ3n) is 1.51. The van der Waals surface area contributed by atoms with Crippen LogP contribution in [0.1, 0.15) is 20.3 Å². The van der Waals surface area contributed by atoms with Gasteiger partial charge in [-0.05, 0) is 13.3 Å². The number of hydrogen-bond donors (Lipinski definition) is 2. The molecule has 0 aliphatic carbocycles. The van der Waals surface area contributed by atoms with Gasteiger partial charge in [-0.15, -0.1) is 0 Å². The van der Waals surface area contributed by atoms with Gasteiger partial charge in [-0.25, -0.2) is 4.79 Å². The SMILES string of the molecule is C=C(C)C(=O)OCC(=CCC)P(=O)(O)O. The van der Waals surface area contributed by atoms with E-state index >= 15 is 0 Å². The largest absolute Gasteiger partial charge is 0.457 e. The zero-order valence-electron chi connectivity index (χ0n) is 8.77. The molecule has 0 radical (unpaired) electrons. The highest BCUT2D eigenvalue weighted by Gasteiger charge is 2.21. The van der Waals surface area contributed by atoms with Crippen LogP contribution in [0.3, 0.4) is 0 Å². The summed E-state index contributed by atoms with van der Waals surface area (Å²) in [6.07, 6.45) is 1.82. The molecule has 5 nitrogen and oxygen atoms in total. The average molecular weight is 234 g/mol. The number of carbonyl (C=O) groups excluding carboxylic acids is 1. The van der Waals surface area contributed by atoms with Crippen molar-refractivity contribution in [3.05, 3.63) is 23.5 Å². The van der Waals surface area contributed by atoms with E-state index in [4.69, 9.17) is 9.79 Å². The van der Waals surface area contributed by atoms with Crippen LogP contribution in [0, 0.1) is 0 Å². The predicted molar refractivity (Wildman–Crippen MR) is 56.2 cm³/mol. The third kappa shape index (κ3) is 5.52. The molecule has 0 aliphatic rings. The molecule has 0 atom stereocenters. The van der Waals surface area contributed by atoms with Crippen molar-refractivity contribution in [1.29, 1.82) is 0 Å². The molecular weight excluding hydrogens is 219 g/mol. The van der Waals surface area contributed by atoms with Gasteiger partial charge < -0.3 is 14.5 Å². The molecule has 86 valence electrons. The predicted octanol–water partition coefficient (Wildman–Crippen LogP) is 1.58. The first kappa shape index (κ1) is 14.1. The summed E-state index contributed by atoms with van der Waals surface area (Å²) in [7, 11) is -4.32. The minimum Gasteiger partial charge on any atom is -0.457 e. The number of hydrogen-bond acceptors (Lipinski definition) is 3. The average Bonchev–Trinajstić information content (AvgIpc) is 2.09. The first-order chi connectivity index (χ1) is 6.79. The van der Waals surface area contributed by atoms with Gasteiger partial charge in [0.1, 0.15) is 6.61 Å². The van der Waals surface area contributed by atoms with E-state index in [2.05, 4.69) is 11.3 Å². The standard InChI is InChI=1S/C9H15O5P/c1-4-5-8(15(11,12)13)6-14-9(10)7(2)3/h5H,2,4,6H2,1,3H3,(H2,11,12,13). The molecule has 0 aromatic carbocycles. The van der Waals surface area contributed by atoms with Crippen molar-refractivity contribution in [1.82, 2.24) is 0 Å². The lowest BCUT2D eigenvalue weighted by atomic mass is 10.4. The highest BCUT2D eigenvalue weighted by atomic mass is 31.2. The summed E-state index contributed by atoms with van der Waals surface area (Å²) in [6, 6.07) is 0. The number of rotatable bonds is 5. The summed E-state index contributed by atoms with van der Waals surface area (Å²) in [5.74, 6) is -0.662. The van der Waals surface area contributed by atoms with E-state index in [1.165, 1.54) is 13.0 Å². The highest BCUT2D eigenvalue weighted by Crippen LogP contribution is 2.45. The van der Waals surface area contributed by atoms with Crippen molar-refractivity contribution in [2.45, 2.75) is 20.3 Å². The van der Waals surface area contributed by atoms with Crippen molar-refractivity contribution >= 4 is 13.6 Å². The van der Waals surface area contributed by atoms with Crippen LogP contribution in [0.2, 0.25) is 0 Å². The quantitative estimate of drug-likeness (QED) is 0.428. The van der Waals surface area contributed by atoms with Gasteiger partial charge in [0.2, 0.25) is 0 Å². The Bertz CT molecular complexity index is 325. The maximum atomic E-state index is 11.0. The molecule has 0 unspecified atom stereocenters. The number of carbonyl (C=O) groups is 1. The molecule has 0 saturated heterocycles. The fraction of sp³-hybridized carbons (Fsp3) is 0.444. The van der Waals surface area contributed by atoms with Crippen LogP contribution >= 0.6 is 7.60 Å². The molecule has 0 aliphatic heterocycles. The summed E-state index contributed by atoms with van der Waals surface area (Å²) in [6.45, 7) is 6.15. The zero-order valence-corrected chi connectivity index (χ0v) is 9.66. The number of ether oxygens (including phenoxy) is 1. The Labute approximate surface area is 88.6 Å². The normalized spacial score (nSPS) is 12.4. The zero-order chi connectivity index (χ0) is 12.1. The lowest BCUT2D eigenvalue weighted by molar-refractivity contribution is -0.137. The van der Waals surface area contributed by atoms with Crippen LogP contribution < -0.4 is 0 Å². The van der Waals surface area contributed by atoms with E-state index in [0.29, 0.717) is 6.42 Å². The lowest BCUT2D eigenvalue weighted by Gasteiger charge is -2.09. The van der Waals surface area contributed by atoms with Crippen LogP contribution in [0.25, 0.3) is 0 Å². The highest BCUT2D eigenvalue weighted by molar-refractivity contribution is 7.56. The lowest BCUT2D eigenvalue weighted by Crippen LogP contribution is -2.08. The third-order valence-corrected chi connectivity index (χ3v) is 2.57. The molecule has 2 N–H and O–H groups in total. The topological polar surface area (TPSA) is 83.8 Å². The summed E-state index contributed by atoms with van der Waals surface area (Å²) < 4.78 is 15.6. The summed E-state index contributed by atoms with van der Waals surface area (Å²) in [4.78, 5) is 28.8. The van der Waals surface area contributed by atoms with E-state index in [1.807, 2.05) is 0 Å². The Morgan fingerprint density at radius 1 is 1.53 bits per heavy atom. The van der Waals surface area contributed by atoms with Crippen molar-refractivity contribution in [3.8, 4) is 0 Å². The number of esters is 1. The fourth-order valence-electron chi connectivity index (χ4n) is 0.760. The summed E-state index contributed by atoms with van der Waals surface area (Å²) >= 11 is 0. The Kier molecular flexibility index (Phi) is 5.50. The molecule has 0 amide bonds. The molecule has 0 spiro atoms. The van der Waals surface area contributed by atoms with Crippen molar-refractivity contribution in [2.24, 2.45) is 0 Å². The Morgan fingerprint density at radius 3 is 2.40 bits per heavy atom. The maximum Gasteiger partial charge on any atom is 0.355 e. The van der Waals surface area contributed by atoms with Gasteiger partial charge in [0.25, 0.3) is 0 Å². The molecule has 0 heterocycles. The van der Waals surface area contributed by atoms with Gasteiger partial charge in [-0.1, -0.05) is 19.6 Å². The second-order valence-electron chi connectivity index (χ2n) is 3.00. The van der Waals surface area contributed by atoms with E-state index in [-0.39, 0.29) is 10.9 Å². The fourth-order valence-corrected chi connectivity index (χ4v) is 1.41. The van der Waals surface area contributed by atoms with Gasteiger partial charge in [-0.2, -0.15) is 0 Å². The molecule has 6 heteroatoms. The monoisotopic (exact) mass is 234 g/mol. The Hall–Kier alpha value is -0.900. The van der Waals surface area contributed by atoms with Crippen LogP contribution in [-0.2, 0) is 14.1 Å². The summed E-state index contributed by atoms with van der Waals surface area (Å²) in [5, 5.41) is -0.181. The van der Waals surface area contributed by atoms with Crippen LogP contribution in [0.4, 0.5) is 0 Å². The molecule has 0 aromatic rings. The first-order valence-corrected chi connectivity index (χ1v) is 5.98. The minimum absolute atomic E-state index is 0.181. The second kappa shape index (κ2) is 5.85. The molecular formula is C9H15O5P. The van der Waals surface area contributed by atoms with Crippen molar-refractivity contribution < 1.29 is 23.9 Å². The van der Waals surface area contributed by atoms with Gasteiger partial charge in [0.15, 0.2) is 0 Å². The second-order valence-corrected chi connectivity index (χ2v) is 4.67. The molecule has 0 rings (SSSR count). The molecule has 0 saturated carbocycles. The van der Waals surface area contributed by atoms with Gasteiger partial charge in [-0.3, -0.25) is 4.57 Å². The minimum atomic E-state index is -4.32. The molecule has 15 heavy (non-hydrogen) atoms. The molecule has 0 fully saturated rings. The van der Waals surface area contributed by atoms with Gasteiger partial charge in [0.05, 0.1) is 5.31 Å². The van der Waals surface area contributed by atoms with Crippen molar-refractivity contribution in [2.75, 3.05) is 6.61 Å².